The molecule has 0 unspecified atom stereocenters. The summed E-state index contributed by atoms with van der Waals surface area (Å²) in [5.74, 6) is 0. The minimum absolute atomic E-state index is 1.05. The summed E-state index contributed by atoms with van der Waals surface area (Å²) in [7, 11) is 0. The molecule has 7 aromatic rings. The first-order valence-corrected chi connectivity index (χ1v) is 12.8. The predicted octanol–water partition coefficient (Wildman–Crippen LogP) is 10.2. The molecule has 0 atom stereocenters. The van der Waals surface area contributed by atoms with Crippen LogP contribution in [0.25, 0.3) is 65.3 Å². The minimum atomic E-state index is 1.05. The number of hydrogen-bond acceptors (Lipinski definition) is 0. The van der Waals surface area contributed by atoms with Crippen molar-refractivity contribution in [2.24, 2.45) is 0 Å². The van der Waals surface area contributed by atoms with Crippen molar-refractivity contribution in [3.8, 4) is 22.3 Å². The van der Waals surface area contributed by atoms with Crippen LogP contribution in [-0.2, 0) is 6.42 Å². The van der Waals surface area contributed by atoms with E-state index in [1.807, 2.05) is 0 Å². The van der Waals surface area contributed by atoms with Crippen LogP contribution in [0.1, 0.15) is 12.5 Å². The molecule has 0 heterocycles. The van der Waals surface area contributed by atoms with Gasteiger partial charge in [0.1, 0.15) is 0 Å². The highest BCUT2D eigenvalue weighted by Gasteiger charge is 2.15. The van der Waals surface area contributed by atoms with Crippen LogP contribution in [-0.4, -0.2) is 0 Å². The SMILES string of the molecule is CCc1ccc(-c2ccc3ccccc3c2-c2ccc3c4ccccc4c4ccccc4c3c2)cc1. The minimum Gasteiger partial charge on any atom is -0.0616 e. The number of hydrogen-bond donors (Lipinski definition) is 0. The van der Waals surface area contributed by atoms with Crippen LogP contribution in [0, 0.1) is 0 Å². The normalized spacial score (nSPS) is 11.6. The molecular weight excluding hydrogens is 432 g/mol. The lowest BCUT2D eigenvalue weighted by molar-refractivity contribution is 1.14. The van der Waals surface area contributed by atoms with Gasteiger partial charge in [0, 0.05) is 0 Å². The molecule has 0 aromatic heterocycles. The molecule has 0 amide bonds. The monoisotopic (exact) mass is 458 g/mol. The van der Waals surface area contributed by atoms with E-state index in [0.717, 1.165) is 6.42 Å². The molecule has 0 aliphatic carbocycles. The Balaban J connectivity index is 1.58. The summed E-state index contributed by atoms with van der Waals surface area (Å²) in [5, 5.41) is 10.4. The van der Waals surface area contributed by atoms with Crippen LogP contribution in [0.4, 0.5) is 0 Å². The second-order valence-corrected chi connectivity index (χ2v) is 9.61. The number of aryl methyl sites for hydroxylation is 1. The molecule has 36 heavy (non-hydrogen) atoms. The Bertz CT molecular complexity index is 1870. The highest BCUT2D eigenvalue weighted by molar-refractivity contribution is 6.26. The molecule has 0 bridgehead atoms. The standard InChI is InChI=1S/C36H26/c1-2-24-15-17-26(18-16-24)29-21-19-25-9-3-4-10-28(25)36(29)27-20-22-34-32-13-6-5-11-30(32)31-12-7-8-14-33(31)35(34)23-27/h3-23H,2H2,1H3. The fraction of sp³-hybridized carbons (Fsp3) is 0.0556. The third kappa shape index (κ3) is 3.22. The van der Waals surface area contributed by atoms with Gasteiger partial charge in [-0.15, -0.1) is 0 Å². The lowest BCUT2D eigenvalue weighted by Gasteiger charge is -2.17. The van der Waals surface area contributed by atoms with E-state index in [1.54, 1.807) is 0 Å². The van der Waals surface area contributed by atoms with Crippen LogP contribution < -0.4 is 0 Å². The van der Waals surface area contributed by atoms with E-state index in [-0.39, 0.29) is 0 Å². The maximum absolute atomic E-state index is 2.41. The second-order valence-electron chi connectivity index (χ2n) is 9.61. The zero-order chi connectivity index (χ0) is 24.1. The topological polar surface area (TPSA) is 0 Å². The van der Waals surface area contributed by atoms with Crippen molar-refractivity contribution in [2.45, 2.75) is 13.3 Å². The first-order valence-electron chi connectivity index (χ1n) is 12.8. The van der Waals surface area contributed by atoms with Crippen molar-refractivity contribution in [3.63, 3.8) is 0 Å². The predicted molar refractivity (Wildman–Crippen MR) is 157 cm³/mol. The van der Waals surface area contributed by atoms with E-state index in [2.05, 4.69) is 134 Å². The zero-order valence-corrected chi connectivity index (χ0v) is 20.3. The van der Waals surface area contributed by atoms with E-state index in [9.17, 15) is 0 Å². The Hall–Kier alpha value is -4.42. The van der Waals surface area contributed by atoms with Crippen molar-refractivity contribution in [3.05, 3.63) is 133 Å². The van der Waals surface area contributed by atoms with Gasteiger partial charge in [0.25, 0.3) is 0 Å². The van der Waals surface area contributed by atoms with E-state index in [1.165, 1.54) is 70.9 Å². The van der Waals surface area contributed by atoms with Gasteiger partial charge in [0.2, 0.25) is 0 Å². The van der Waals surface area contributed by atoms with E-state index in [4.69, 9.17) is 0 Å². The first kappa shape index (κ1) is 20.9. The average molecular weight is 459 g/mol. The summed E-state index contributed by atoms with van der Waals surface area (Å²) in [4.78, 5) is 0. The second kappa shape index (κ2) is 8.36. The van der Waals surface area contributed by atoms with Gasteiger partial charge >= 0.3 is 0 Å². The van der Waals surface area contributed by atoms with Crippen LogP contribution >= 0.6 is 0 Å². The van der Waals surface area contributed by atoms with Gasteiger partial charge in [-0.25, -0.2) is 0 Å². The Morgan fingerprint density at radius 3 is 1.58 bits per heavy atom. The Morgan fingerprint density at radius 2 is 0.944 bits per heavy atom. The molecular formula is C36H26. The summed E-state index contributed by atoms with van der Waals surface area (Å²) >= 11 is 0. The molecule has 170 valence electrons. The fourth-order valence-corrected chi connectivity index (χ4v) is 5.81. The summed E-state index contributed by atoms with van der Waals surface area (Å²) in [6.45, 7) is 2.21. The molecule has 0 saturated heterocycles. The first-order chi connectivity index (χ1) is 17.8. The smallest absolute Gasteiger partial charge is 0.00266 e. The van der Waals surface area contributed by atoms with Crippen molar-refractivity contribution in [1.82, 2.24) is 0 Å². The lowest BCUT2D eigenvalue weighted by atomic mass is 9.87. The lowest BCUT2D eigenvalue weighted by Crippen LogP contribution is -1.90. The molecule has 7 rings (SSSR count). The molecule has 0 radical (unpaired) electrons. The van der Waals surface area contributed by atoms with Crippen LogP contribution in [0.15, 0.2) is 127 Å². The van der Waals surface area contributed by atoms with Gasteiger partial charge < -0.3 is 0 Å². The number of benzene rings is 7. The summed E-state index contributed by atoms with van der Waals surface area (Å²) in [6, 6.07) is 47.0. The summed E-state index contributed by atoms with van der Waals surface area (Å²) in [5.41, 5.74) is 6.47. The van der Waals surface area contributed by atoms with E-state index in [0.29, 0.717) is 0 Å². The van der Waals surface area contributed by atoms with Crippen molar-refractivity contribution >= 4 is 43.1 Å². The fourth-order valence-electron chi connectivity index (χ4n) is 5.81. The van der Waals surface area contributed by atoms with Gasteiger partial charge in [-0.05, 0) is 83.4 Å². The maximum Gasteiger partial charge on any atom is -0.00266 e. The van der Waals surface area contributed by atoms with Crippen LogP contribution in [0.3, 0.4) is 0 Å². The van der Waals surface area contributed by atoms with Gasteiger partial charge in [-0.2, -0.15) is 0 Å². The van der Waals surface area contributed by atoms with Gasteiger partial charge in [-0.3, -0.25) is 0 Å². The Kier molecular flexibility index (Phi) is 4.85. The largest absolute Gasteiger partial charge is 0.0616 e. The van der Waals surface area contributed by atoms with Gasteiger partial charge in [0.15, 0.2) is 0 Å². The molecule has 0 heteroatoms. The number of rotatable bonds is 3. The van der Waals surface area contributed by atoms with Gasteiger partial charge in [-0.1, -0.05) is 128 Å². The van der Waals surface area contributed by atoms with Crippen LogP contribution in [0.2, 0.25) is 0 Å². The Morgan fingerprint density at radius 1 is 0.417 bits per heavy atom. The third-order valence-electron chi connectivity index (χ3n) is 7.64. The summed E-state index contributed by atoms with van der Waals surface area (Å²) in [6.07, 6.45) is 1.05. The van der Waals surface area contributed by atoms with Crippen molar-refractivity contribution in [2.75, 3.05) is 0 Å². The highest BCUT2D eigenvalue weighted by Crippen LogP contribution is 2.42. The molecule has 0 saturated carbocycles. The molecule has 0 N–H and O–H groups in total. The summed E-state index contributed by atoms with van der Waals surface area (Å²) < 4.78 is 0. The molecule has 7 aromatic carbocycles. The van der Waals surface area contributed by atoms with Crippen molar-refractivity contribution < 1.29 is 0 Å². The highest BCUT2D eigenvalue weighted by atomic mass is 14.2. The molecule has 0 aliphatic rings. The molecule has 0 spiro atoms. The molecule has 0 nitrogen and oxygen atoms in total. The van der Waals surface area contributed by atoms with Crippen LogP contribution in [0.5, 0.6) is 0 Å². The average Bonchev–Trinajstić information content (AvgIpc) is 2.96. The molecule has 0 fully saturated rings. The Labute approximate surface area is 211 Å². The maximum atomic E-state index is 2.41. The van der Waals surface area contributed by atoms with E-state index < -0.39 is 0 Å². The van der Waals surface area contributed by atoms with Crippen molar-refractivity contribution in [1.29, 1.82) is 0 Å². The van der Waals surface area contributed by atoms with Gasteiger partial charge in [0.05, 0.1) is 0 Å². The zero-order valence-electron chi connectivity index (χ0n) is 20.3. The third-order valence-corrected chi connectivity index (χ3v) is 7.64. The molecule has 0 aliphatic heterocycles. The quantitative estimate of drug-likeness (QED) is 0.231. The van der Waals surface area contributed by atoms with E-state index >= 15 is 0 Å². The number of fused-ring (bicyclic) bond motifs is 7.